The van der Waals surface area contributed by atoms with Crippen LogP contribution in [0.4, 0.5) is 0 Å². The zero-order chi connectivity index (χ0) is 8.69. The van der Waals surface area contributed by atoms with Crippen molar-refractivity contribution in [3.05, 3.63) is 0 Å². The molecule has 0 saturated carbocycles. The Hall–Kier alpha value is -0.0800. The minimum atomic E-state index is 0.256. The molecule has 0 fully saturated rings. The van der Waals surface area contributed by atoms with Crippen LogP contribution in [0.15, 0.2) is 0 Å². The second-order valence-electron chi connectivity index (χ2n) is 3.02. The average molecular weight is 159 g/mol. The zero-order valence-corrected chi connectivity index (χ0v) is 8.26. The van der Waals surface area contributed by atoms with Crippen LogP contribution in [0, 0.1) is 0 Å². The number of ether oxygens (including phenoxy) is 1. The Balaban J connectivity index is 3.28. The third-order valence-electron chi connectivity index (χ3n) is 2.08. The maximum atomic E-state index is 5.17. The first-order valence-electron chi connectivity index (χ1n) is 4.45. The quantitative estimate of drug-likeness (QED) is 0.434. The highest BCUT2D eigenvalue weighted by molar-refractivity contribution is 4.52. The zero-order valence-electron chi connectivity index (χ0n) is 8.26. The molecule has 0 aliphatic carbocycles. The topological polar surface area (TPSA) is 12.5 Å². The summed E-state index contributed by atoms with van der Waals surface area (Å²) in [5.41, 5.74) is 0. The van der Waals surface area contributed by atoms with E-state index in [0.717, 1.165) is 6.54 Å². The highest BCUT2D eigenvalue weighted by Crippen LogP contribution is 2.00. The lowest BCUT2D eigenvalue weighted by Crippen LogP contribution is -2.31. The molecule has 0 aromatic heterocycles. The summed E-state index contributed by atoms with van der Waals surface area (Å²) in [4.78, 5) is 2.23. The molecule has 0 aliphatic rings. The number of hydrogen-bond donors (Lipinski definition) is 0. The fourth-order valence-corrected chi connectivity index (χ4v) is 0.973. The van der Waals surface area contributed by atoms with Crippen LogP contribution < -0.4 is 0 Å². The van der Waals surface area contributed by atoms with Gasteiger partial charge >= 0.3 is 0 Å². The van der Waals surface area contributed by atoms with E-state index < -0.39 is 0 Å². The Morgan fingerprint density at radius 3 is 2.45 bits per heavy atom. The van der Waals surface area contributed by atoms with Crippen LogP contribution in [0.1, 0.15) is 33.1 Å². The minimum absolute atomic E-state index is 0.256. The molecule has 0 aromatic rings. The van der Waals surface area contributed by atoms with Crippen molar-refractivity contribution in [3.63, 3.8) is 0 Å². The Kier molecular flexibility index (Phi) is 6.57. The van der Waals surface area contributed by atoms with Crippen LogP contribution in [0.2, 0.25) is 0 Å². The molecule has 0 bridgehead atoms. The largest absolute Gasteiger partial charge is 0.367 e. The summed E-state index contributed by atoms with van der Waals surface area (Å²) in [5.74, 6) is 0. The lowest BCUT2D eigenvalue weighted by Gasteiger charge is -2.22. The van der Waals surface area contributed by atoms with Gasteiger partial charge in [0, 0.05) is 13.7 Å². The first-order valence-corrected chi connectivity index (χ1v) is 4.45. The van der Waals surface area contributed by atoms with E-state index in [2.05, 4.69) is 25.8 Å². The molecule has 0 heterocycles. The summed E-state index contributed by atoms with van der Waals surface area (Å²) >= 11 is 0. The monoisotopic (exact) mass is 159 g/mol. The maximum Gasteiger partial charge on any atom is 0.107 e. The number of methoxy groups -OCH3 is 1. The summed E-state index contributed by atoms with van der Waals surface area (Å²) in [6.45, 7) is 5.44. The first-order chi connectivity index (χ1) is 5.22. The third-order valence-corrected chi connectivity index (χ3v) is 2.08. The summed E-state index contributed by atoms with van der Waals surface area (Å²) in [6.07, 6.45) is 4.14. The van der Waals surface area contributed by atoms with Crippen molar-refractivity contribution in [1.82, 2.24) is 4.90 Å². The van der Waals surface area contributed by atoms with E-state index in [4.69, 9.17) is 4.74 Å². The van der Waals surface area contributed by atoms with Crippen LogP contribution >= 0.6 is 0 Å². The van der Waals surface area contributed by atoms with Gasteiger partial charge in [-0.3, -0.25) is 4.90 Å². The summed E-state index contributed by atoms with van der Waals surface area (Å²) < 4.78 is 5.17. The summed E-state index contributed by atoms with van der Waals surface area (Å²) in [6, 6.07) is 0. The van der Waals surface area contributed by atoms with Crippen LogP contribution in [-0.2, 0) is 4.74 Å². The van der Waals surface area contributed by atoms with E-state index in [1.165, 1.54) is 19.3 Å². The van der Waals surface area contributed by atoms with Crippen LogP contribution in [0.5, 0.6) is 0 Å². The van der Waals surface area contributed by atoms with E-state index in [0.29, 0.717) is 0 Å². The second-order valence-corrected chi connectivity index (χ2v) is 3.02. The molecule has 68 valence electrons. The Bertz CT molecular complexity index is 85.6. The van der Waals surface area contributed by atoms with Crippen molar-refractivity contribution >= 4 is 0 Å². The van der Waals surface area contributed by atoms with Gasteiger partial charge in [-0.05, 0) is 20.4 Å². The highest BCUT2D eigenvalue weighted by atomic mass is 16.5. The molecule has 0 spiro atoms. The minimum Gasteiger partial charge on any atom is -0.367 e. The van der Waals surface area contributed by atoms with Crippen molar-refractivity contribution in [2.75, 3.05) is 20.7 Å². The molecular formula is C9H21NO. The Morgan fingerprint density at radius 1 is 1.36 bits per heavy atom. The third kappa shape index (κ3) is 5.22. The predicted octanol–water partition coefficient (Wildman–Crippen LogP) is 2.10. The summed E-state index contributed by atoms with van der Waals surface area (Å²) in [7, 11) is 3.85. The van der Waals surface area contributed by atoms with Gasteiger partial charge in [-0.2, -0.15) is 0 Å². The van der Waals surface area contributed by atoms with Crippen molar-refractivity contribution in [2.24, 2.45) is 0 Å². The van der Waals surface area contributed by atoms with Crippen molar-refractivity contribution < 1.29 is 4.74 Å². The Labute approximate surface area is 70.5 Å². The molecule has 2 heteroatoms. The van der Waals surface area contributed by atoms with E-state index in [1.807, 2.05) is 0 Å². The molecule has 0 aliphatic heterocycles. The van der Waals surface area contributed by atoms with Gasteiger partial charge < -0.3 is 4.74 Å². The second kappa shape index (κ2) is 6.62. The van der Waals surface area contributed by atoms with Gasteiger partial charge in [0.2, 0.25) is 0 Å². The van der Waals surface area contributed by atoms with Crippen LogP contribution in [0.25, 0.3) is 0 Å². The molecule has 1 unspecified atom stereocenters. The lowest BCUT2D eigenvalue weighted by molar-refractivity contribution is -0.00396. The van der Waals surface area contributed by atoms with Crippen molar-refractivity contribution in [3.8, 4) is 0 Å². The normalized spacial score (nSPS) is 13.9. The average Bonchev–Trinajstić information content (AvgIpc) is 2.03. The van der Waals surface area contributed by atoms with E-state index in [1.54, 1.807) is 7.11 Å². The van der Waals surface area contributed by atoms with Gasteiger partial charge in [0.25, 0.3) is 0 Å². The smallest absolute Gasteiger partial charge is 0.107 e. The van der Waals surface area contributed by atoms with Gasteiger partial charge in [0.05, 0.1) is 0 Å². The molecule has 0 radical (unpaired) electrons. The number of unbranched alkanes of at least 4 members (excludes halogenated alkanes) is 2. The fourth-order valence-electron chi connectivity index (χ4n) is 0.973. The van der Waals surface area contributed by atoms with E-state index >= 15 is 0 Å². The number of hydrogen-bond acceptors (Lipinski definition) is 2. The number of nitrogens with zero attached hydrogens (tertiary/aromatic N) is 1. The standard InChI is InChI=1S/C9H21NO/c1-5-6-7-8-10(3)9(2)11-4/h9H,5-8H2,1-4H3. The van der Waals surface area contributed by atoms with E-state index in [-0.39, 0.29) is 6.23 Å². The number of rotatable bonds is 6. The van der Waals surface area contributed by atoms with Gasteiger partial charge in [-0.25, -0.2) is 0 Å². The lowest BCUT2D eigenvalue weighted by atomic mass is 10.2. The highest BCUT2D eigenvalue weighted by Gasteiger charge is 2.05. The van der Waals surface area contributed by atoms with Gasteiger partial charge in [-0.15, -0.1) is 0 Å². The molecule has 0 rings (SSSR count). The molecule has 1 atom stereocenters. The fraction of sp³-hybridized carbons (Fsp3) is 1.00. The van der Waals surface area contributed by atoms with Crippen molar-refractivity contribution in [2.45, 2.75) is 39.3 Å². The molecule has 0 saturated heterocycles. The molecule has 0 amide bonds. The van der Waals surface area contributed by atoms with Crippen molar-refractivity contribution in [1.29, 1.82) is 0 Å². The van der Waals surface area contributed by atoms with Crippen LogP contribution in [0.3, 0.4) is 0 Å². The predicted molar refractivity (Wildman–Crippen MR) is 48.6 cm³/mol. The van der Waals surface area contributed by atoms with E-state index in [9.17, 15) is 0 Å². The first kappa shape index (κ1) is 10.9. The molecular weight excluding hydrogens is 138 g/mol. The van der Waals surface area contributed by atoms with Gasteiger partial charge in [0.1, 0.15) is 6.23 Å². The Morgan fingerprint density at radius 2 is 2.00 bits per heavy atom. The molecule has 11 heavy (non-hydrogen) atoms. The molecule has 0 N–H and O–H groups in total. The SMILES string of the molecule is CCCCCN(C)C(C)OC. The van der Waals surface area contributed by atoms with Crippen LogP contribution in [-0.4, -0.2) is 31.8 Å². The van der Waals surface area contributed by atoms with Gasteiger partial charge in [-0.1, -0.05) is 19.8 Å². The summed E-state index contributed by atoms with van der Waals surface area (Å²) in [5, 5.41) is 0. The maximum absolute atomic E-state index is 5.17. The molecule has 0 aromatic carbocycles. The van der Waals surface area contributed by atoms with Gasteiger partial charge in [0.15, 0.2) is 0 Å². The molecule has 2 nitrogen and oxygen atoms in total.